The molecule has 1 N–H and O–H groups in total. The van der Waals surface area contributed by atoms with Crippen LogP contribution in [0.15, 0.2) is 30.5 Å². The van der Waals surface area contributed by atoms with Gasteiger partial charge in [-0.3, -0.25) is 4.79 Å². The Kier molecular flexibility index (Phi) is 3.39. The minimum atomic E-state index is -0.917. The van der Waals surface area contributed by atoms with Crippen molar-refractivity contribution < 1.29 is 9.90 Å². The molecule has 1 heterocycles. The van der Waals surface area contributed by atoms with E-state index in [1.54, 1.807) is 16.9 Å². The molecule has 1 aromatic heterocycles. The highest BCUT2D eigenvalue weighted by Gasteiger charge is 2.05. The lowest BCUT2D eigenvalue weighted by Crippen LogP contribution is -2.01. The van der Waals surface area contributed by atoms with Crippen molar-refractivity contribution in [2.45, 2.75) is 13.0 Å². The molecule has 17 heavy (non-hydrogen) atoms. The summed E-state index contributed by atoms with van der Waals surface area (Å²) < 4.78 is 1.59. The standard InChI is InChI=1S/C11H10ClN3O2/c12-9-3-1-2-8(4-9)6-15-7-10(13-14-15)5-11(16)17/h1-4,7H,5-6H2,(H,16,17). The van der Waals surface area contributed by atoms with E-state index in [0.29, 0.717) is 17.3 Å². The fourth-order valence-electron chi connectivity index (χ4n) is 1.47. The van der Waals surface area contributed by atoms with Crippen molar-refractivity contribution in [1.82, 2.24) is 15.0 Å². The molecule has 2 rings (SSSR count). The molecule has 0 unspecified atom stereocenters. The van der Waals surface area contributed by atoms with E-state index in [1.165, 1.54) is 0 Å². The van der Waals surface area contributed by atoms with E-state index in [2.05, 4.69) is 10.3 Å². The van der Waals surface area contributed by atoms with E-state index in [9.17, 15) is 4.79 Å². The molecule has 0 aliphatic heterocycles. The van der Waals surface area contributed by atoms with Gasteiger partial charge in [-0.2, -0.15) is 0 Å². The molecule has 6 heteroatoms. The van der Waals surface area contributed by atoms with Crippen LogP contribution in [0.1, 0.15) is 11.3 Å². The Morgan fingerprint density at radius 3 is 3.00 bits per heavy atom. The first kappa shape index (κ1) is 11.6. The largest absolute Gasteiger partial charge is 0.481 e. The van der Waals surface area contributed by atoms with Crippen LogP contribution in [0, 0.1) is 0 Å². The topological polar surface area (TPSA) is 68.0 Å². The minimum Gasteiger partial charge on any atom is -0.481 e. The first-order chi connectivity index (χ1) is 8.13. The van der Waals surface area contributed by atoms with Crippen LogP contribution in [0.25, 0.3) is 0 Å². The second-order valence-electron chi connectivity index (χ2n) is 3.61. The van der Waals surface area contributed by atoms with Gasteiger partial charge in [-0.15, -0.1) is 5.10 Å². The number of nitrogens with zero attached hydrogens (tertiary/aromatic N) is 3. The van der Waals surface area contributed by atoms with Crippen molar-refractivity contribution in [3.63, 3.8) is 0 Å². The van der Waals surface area contributed by atoms with E-state index in [1.807, 2.05) is 18.2 Å². The van der Waals surface area contributed by atoms with Crippen molar-refractivity contribution in [3.8, 4) is 0 Å². The Morgan fingerprint density at radius 2 is 2.29 bits per heavy atom. The first-order valence-corrected chi connectivity index (χ1v) is 5.36. The van der Waals surface area contributed by atoms with Gasteiger partial charge < -0.3 is 5.11 Å². The number of rotatable bonds is 4. The summed E-state index contributed by atoms with van der Waals surface area (Å²) in [6.45, 7) is 0.521. The number of halogens is 1. The Morgan fingerprint density at radius 1 is 1.47 bits per heavy atom. The Bertz CT molecular complexity index is 539. The summed E-state index contributed by atoms with van der Waals surface area (Å²) in [6, 6.07) is 7.40. The lowest BCUT2D eigenvalue weighted by atomic mass is 10.2. The number of aliphatic carboxylic acids is 1. The first-order valence-electron chi connectivity index (χ1n) is 4.99. The normalized spacial score (nSPS) is 10.4. The lowest BCUT2D eigenvalue weighted by molar-refractivity contribution is -0.136. The van der Waals surface area contributed by atoms with Crippen LogP contribution in [0.5, 0.6) is 0 Å². The van der Waals surface area contributed by atoms with Crippen LogP contribution >= 0.6 is 11.6 Å². The van der Waals surface area contributed by atoms with E-state index >= 15 is 0 Å². The molecular weight excluding hydrogens is 242 g/mol. The Balaban J connectivity index is 2.08. The zero-order valence-corrected chi connectivity index (χ0v) is 9.63. The molecule has 0 spiro atoms. The minimum absolute atomic E-state index is 0.116. The summed E-state index contributed by atoms with van der Waals surface area (Å²) in [4.78, 5) is 10.5. The molecule has 0 aliphatic carbocycles. The SMILES string of the molecule is O=C(O)Cc1cn(Cc2cccc(Cl)c2)nn1. The summed E-state index contributed by atoms with van der Waals surface area (Å²) >= 11 is 5.86. The third-order valence-corrected chi connectivity index (χ3v) is 2.39. The molecule has 0 atom stereocenters. The molecule has 0 fully saturated rings. The average Bonchev–Trinajstić information content (AvgIpc) is 2.64. The number of benzene rings is 1. The van der Waals surface area contributed by atoms with Crippen LogP contribution < -0.4 is 0 Å². The lowest BCUT2D eigenvalue weighted by Gasteiger charge is -2.00. The second kappa shape index (κ2) is 4.97. The monoisotopic (exact) mass is 251 g/mol. The average molecular weight is 252 g/mol. The number of hydrogen-bond donors (Lipinski definition) is 1. The summed E-state index contributed by atoms with van der Waals surface area (Å²) in [5, 5.41) is 16.9. The van der Waals surface area contributed by atoms with Crippen LogP contribution in [-0.4, -0.2) is 26.1 Å². The zero-order chi connectivity index (χ0) is 12.3. The van der Waals surface area contributed by atoms with Gasteiger partial charge in [0, 0.05) is 11.2 Å². The fraction of sp³-hybridized carbons (Fsp3) is 0.182. The highest BCUT2D eigenvalue weighted by atomic mass is 35.5. The predicted octanol–water partition coefficient (Wildman–Crippen LogP) is 1.61. The number of carboxylic acids is 1. The summed E-state index contributed by atoms with van der Waals surface area (Å²) in [6.07, 6.45) is 1.50. The van der Waals surface area contributed by atoms with Crippen molar-refractivity contribution in [1.29, 1.82) is 0 Å². The molecule has 5 nitrogen and oxygen atoms in total. The highest BCUT2D eigenvalue weighted by molar-refractivity contribution is 6.30. The van der Waals surface area contributed by atoms with Crippen LogP contribution in [0.4, 0.5) is 0 Å². The third kappa shape index (κ3) is 3.29. The van der Waals surface area contributed by atoms with Crippen molar-refractivity contribution >= 4 is 17.6 Å². The van der Waals surface area contributed by atoms with E-state index < -0.39 is 5.97 Å². The smallest absolute Gasteiger partial charge is 0.309 e. The molecule has 0 aliphatic rings. The maximum Gasteiger partial charge on any atom is 0.309 e. The molecular formula is C11H10ClN3O2. The van der Waals surface area contributed by atoms with E-state index in [0.717, 1.165) is 5.56 Å². The zero-order valence-electron chi connectivity index (χ0n) is 8.88. The molecule has 88 valence electrons. The summed E-state index contributed by atoms with van der Waals surface area (Å²) in [7, 11) is 0. The molecule has 0 bridgehead atoms. The number of carbonyl (C=O) groups is 1. The predicted molar refractivity (Wildman–Crippen MR) is 61.9 cm³/mol. The van der Waals surface area contributed by atoms with Gasteiger partial charge in [-0.05, 0) is 17.7 Å². The fourth-order valence-corrected chi connectivity index (χ4v) is 1.69. The van der Waals surface area contributed by atoms with Crippen molar-refractivity contribution in [2.75, 3.05) is 0 Å². The van der Waals surface area contributed by atoms with Gasteiger partial charge in [-0.25, -0.2) is 4.68 Å². The summed E-state index contributed by atoms with van der Waals surface area (Å²) in [5.41, 5.74) is 1.43. The summed E-state index contributed by atoms with van der Waals surface area (Å²) in [5.74, 6) is -0.917. The van der Waals surface area contributed by atoms with Crippen LogP contribution in [0.3, 0.4) is 0 Å². The van der Waals surface area contributed by atoms with Crippen molar-refractivity contribution in [3.05, 3.63) is 46.7 Å². The van der Waals surface area contributed by atoms with Gasteiger partial charge in [-0.1, -0.05) is 28.9 Å². The maximum absolute atomic E-state index is 10.5. The number of hydrogen-bond acceptors (Lipinski definition) is 3. The third-order valence-electron chi connectivity index (χ3n) is 2.15. The van der Waals surface area contributed by atoms with Crippen LogP contribution in [0.2, 0.25) is 5.02 Å². The molecule has 0 saturated carbocycles. The van der Waals surface area contributed by atoms with Gasteiger partial charge >= 0.3 is 5.97 Å². The van der Waals surface area contributed by atoms with Gasteiger partial charge in [0.15, 0.2) is 0 Å². The highest BCUT2D eigenvalue weighted by Crippen LogP contribution is 2.11. The molecule has 0 saturated heterocycles. The van der Waals surface area contributed by atoms with Gasteiger partial charge in [0.25, 0.3) is 0 Å². The van der Waals surface area contributed by atoms with E-state index in [4.69, 9.17) is 16.7 Å². The van der Waals surface area contributed by atoms with E-state index in [-0.39, 0.29) is 6.42 Å². The van der Waals surface area contributed by atoms with Gasteiger partial charge in [0.2, 0.25) is 0 Å². The Labute approximate surface area is 103 Å². The number of aromatic nitrogens is 3. The van der Waals surface area contributed by atoms with Gasteiger partial charge in [0.1, 0.15) is 0 Å². The number of carboxylic acid groups (broad SMARTS) is 1. The molecule has 2 aromatic rings. The maximum atomic E-state index is 10.5. The molecule has 0 amide bonds. The van der Waals surface area contributed by atoms with Crippen molar-refractivity contribution in [2.24, 2.45) is 0 Å². The van der Waals surface area contributed by atoms with Gasteiger partial charge in [0.05, 0.1) is 18.7 Å². The Hall–Kier alpha value is -1.88. The quantitative estimate of drug-likeness (QED) is 0.896. The molecule has 0 radical (unpaired) electrons. The molecule has 1 aromatic carbocycles. The van der Waals surface area contributed by atoms with Crippen LogP contribution in [-0.2, 0) is 17.8 Å². The second-order valence-corrected chi connectivity index (χ2v) is 4.04.